The third-order valence-corrected chi connectivity index (χ3v) is 4.97. The number of likely N-dealkylation sites (tertiary alicyclic amines) is 1. The van der Waals surface area contributed by atoms with Crippen molar-refractivity contribution in [2.24, 2.45) is 0 Å². The fourth-order valence-electron chi connectivity index (χ4n) is 2.73. The van der Waals surface area contributed by atoms with Crippen LogP contribution in [0.4, 0.5) is 0 Å². The van der Waals surface area contributed by atoms with E-state index in [4.69, 9.17) is 0 Å². The lowest BCUT2D eigenvalue weighted by molar-refractivity contribution is 0.0948. The monoisotopic (exact) mass is 402 g/mol. The topological polar surface area (TPSA) is 52.6 Å². The highest BCUT2D eigenvalue weighted by atomic mass is 127. The van der Waals surface area contributed by atoms with Crippen LogP contribution in [0.2, 0.25) is 0 Å². The van der Waals surface area contributed by atoms with E-state index in [9.17, 15) is 9.90 Å². The normalized spacial score (nSPS) is 19.4. The maximum atomic E-state index is 12.0. The average molecular weight is 402 g/mol. The lowest BCUT2D eigenvalue weighted by Crippen LogP contribution is -2.39. The number of rotatable bonds is 5. The van der Waals surface area contributed by atoms with E-state index in [1.807, 2.05) is 22.6 Å². The number of hydrogen-bond donors (Lipinski definition) is 2. The fourth-order valence-corrected chi connectivity index (χ4v) is 3.07. The summed E-state index contributed by atoms with van der Waals surface area (Å²) in [4.78, 5) is 14.5. The highest BCUT2D eigenvalue weighted by molar-refractivity contribution is 14.1. The quantitative estimate of drug-likeness (QED) is 0.588. The molecular formula is C16H23IN2O2. The van der Waals surface area contributed by atoms with Gasteiger partial charge in [0.15, 0.2) is 0 Å². The first kappa shape index (κ1) is 16.5. The van der Waals surface area contributed by atoms with Crippen molar-refractivity contribution in [2.45, 2.75) is 38.6 Å². The minimum absolute atomic E-state index is 0.117. The number of halogens is 1. The maximum absolute atomic E-state index is 12.0. The molecule has 5 heteroatoms. The van der Waals surface area contributed by atoms with E-state index in [-0.39, 0.29) is 11.7 Å². The van der Waals surface area contributed by atoms with E-state index < -0.39 is 0 Å². The van der Waals surface area contributed by atoms with Crippen LogP contribution in [0.3, 0.4) is 0 Å². The van der Waals surface area contributed by atoms with Gasteiger partial charge in [-0.25, -0.2) is 0 Å². The maximum Gasteiger partial charge on any atom is 0.251 e. The molecule has 1 aliphatic rings. The molecule has 1 aromatic carbocycles. The number of hydrogen-bond acceptors (Lipinski definition) is 3. The number of nitrogens with one attached hydrogen (secondary N) is 1. The van der Waals surface area contributed by atoms with Gasteiger partial charge in [-0.1, -0.05) is 6.42 Å². The Labute approximate surface area is 140 Å². The largest absolute Gasteiger partial charge is 0.507 e. The van der Waals surface area contributed by atoms with Crippen LogP contribution in [0.25, 0.3) is 0 Å². The van der Waals surface area contributed by atoms with Gasteiger partial charge in [-0.05, 0) is 73.5 Å². The SMILES string of the molecule is CC1CCCCN1CCCNC(=O)c1ccc(I)c(O)c1. The summed E-state index contributed by atoms with van der Waals surface area (Å²) in [7, 11) is 0. The number of carbonyl (C=O) groups excluding carboxylic acids is 1. The molecule has 1 atom stereocenters. The second-order valence-corrected chi connectivity index (χ2v) is 6.82. The molecule has 0 aromatic heterocycles. The Kier molecular flexibility index (Phi) is 6.29. The van der Waals surface area contributed by atoms with Crippen LogP contribution in [-0.4, -0.2) is 41.6 Å². The Morgan fingerprint density at radius 1 is 1.48 bits per heavy atom. The van der Waals surface area contributed by atoms with E-state index in [0.29, 0.717) is 18.2 Å². The summed E-state index contributed by atoms with van der Waals surface area (Å²) >= 11 is 2.04. The molecule has 0 bridgehead atoms. The minimum atomic E-state index is -0.117. The molecule has 0 saturated carbocycles. The summed E-state index contributed by atoms with van der Waals surface area (Å²) in [5.41, 5.74) is 0.513. The zero-order valence-corrected chi connectivity index (χ0v) is 14.6. The molecule has 1 heterocycles. The number of nitrogens with zero attached hydrogens (tertiary/aromatic N) is 1. The van der Waals surface area contributed by atoms with Gasteiger partial charge in [-0.3, -0.25) is 4.79 Å². The van der Waals surface area contributed by atoms with Gasteiger partial charge in [0.2, 0.25) is 0 Å². The van der Waals surface area contributed by atoms with Crippen molar-refractivity contribution in [1.82, 2.24) is 10.2 Å². The van der Waals surface area contributed by atoms with Crippen LogP contribution >= 0.6 is 22.6 Å². The second kappa shape index (κ2) is 7.98. The Balaban J connectivity index is 1.72. The molecule has 1 fully saturated rings. The molecule has 2 rings (SSSR count). The average Bonchev–Trinajstić information content (AvgIpc) is 2.48. The highest BCUT2D eigenvalue weighted by Gasteiger charge is 2.17. The van der Waals surface area contributed by atoms with E-state index in [1.165, 1.54) is 31.9 Å². The van der Waals surface area contributed by atoms with Crippen molar-refractivity contribution >= 4 is 28.5 Å². The van der Waals surface area contributed by atoms with Crippen LogP contribution < -0.4 is 5.32 Å². The third-order valence-electron chi connectivity index (χ3n) is 4.06. The number of aromatic hydroxyl groups is 1. The molecule has 0 spiro atoms. The number of carbonyl (C=O) groups is 1. The van der Waals surface area contributed by atoms with Crippen molar-refractivity contribution in [3.05, 3.63) is 27.3 Å². The first-order valence-corrected chi connectivity index (χ1v) is 8.66. The van der Waals surface area contributed by atoms with Gasteiger partial charge in [-0.15, -0.1) is 0 Å². The molecule has 0 aliphatic carbocycles. The van der Waals surface area contributed by atoms with Gasteiger partial charge < -0.3 is 15.3 Å². The Bertz CT molecular complexity index is 493. The van der Waals surface area contributed by atoms with E-state index in [0.717, 1.165) is 16.5 Å². The smallest absolute Gasteiger partial charge is 0.251 e. The van der Waals surface area contributed by atoms with E-state index in [1.54, 1.807) is 12.1 Å². The molecule has 1 aliphatic heterocycles. The number of amides is 1. The van der Waals surface area contributed by atoms with Gasteiger partial charge in [0.25, 0.3) is 5.91 Å². The van der Waals surface area contributed by atoms with Crippen molar-refractivity contribution in [3.8, 4) is 5.75 Å². The summed E-state index contributed by atoms with van der Waals surface area (Å²) in [6.07, 6.45) is 4.88. The molecule has 1 aromatic rings. The predicted octanol–water partition coefficient (Wildman–Crippen LogP) is 2.99. The minimum Gasteiger partial charge on any atom is -0.507 e. The van der Waals surface area contributed by atoms with Crippen molar-refractivity contribution in [1.29, 1.82) is 0 Å². The molecule has 2 N–H and O–H groups in total. The van der Waals surface area contributed by atoms with Crippen LogP contribution in [-0.2, 0) is 0 Å². The van der Waals surface area contributed by atoms with Crippen LogP contribution in [0.1, 0.15) is 43.0 Å². The number of benzene rings is 1. The lowest BCUT2D eigenvalue weighted by atomic mass is 10.0. The Morgan fingerprint density at radius 3 is 3.00 bits per heavy atom. The molecular weight excluding hydrogens is 379 g/mol. The van der Waals surface area contributed by atoms with E-state index >= 15 is 0 Å². The summed E-state index contributed by atoms with van der Waals surface area (Å²) in [5, 5.41) is 12.5. The molecule has 21 heavy (non-hydrogen) atoms. The zero-order valence-electron chi connectivity index (χ0n) is 12.4. The zero-order chi connectivity index (χ0) is 15.2. The van der Waals surface area contributed by atoms with Crippen LogP contribution in [0.5, 0.6) is 5.75 Å². The van der Waals surface area contributed by atoms with Gasteiger partial charge in [-0.2, -0.15) is 0 Å². The molecule has 0 radical (unpaired) electrons. The summed E-state index contributed by atoms with van der Waals surface area (Å²) < 4.78 is 0.753. The first-order chi connectivity index (χ1) is 10.1. The molecule has 116 valence electrons. The first-order valence-electron chi connectivity index (χ1n) is 7.58. The predicted molar refractivity (Wildman–Crippen MR) is 92.7 cm³/mol. The standard InChI is InChI=1S/C16H23IN2O2/c1-12-5-2-3-9-19(12)10-4-8-18-16(21)13-6-7-14(17)15(20)11-13/h6-7,11-12,20H,2-5,8-10H2,1H3,(H,18,21). The number of phenols is 1. The van der Waals surface area contributed by atoms with Gasteiger partial charge >= 0.3 is 0 Å². The van der Waals surface area contributed by atoms with Gasteiger partial charge in [0, 0.05) is 24.7 Å². The van der Waals surface area contributed by atoms with Gasteiger partial charge in [0.1, 0.15) is 5.75 Å². The Hall–Kier alpha value is -0.820. The van der Waals surface area contributed by atoms with Crippen LogP contribution in [0, 0.1) is 3.57 Å². The molecule has 1 amide bonds. The van der Waals surface area contributed by atoms with Crippen molar-refractivity contribution in [2.75, 3.05) is 19.6 Å². The number of phenolic OH excluding ortho intramolecular Hbond substituents is 1. The Morgan fingerprint density at radius 2 is 2.29 bits per heavy atom. The summed E-state index contributed by atoms with van der Waals surface area (Å²) in [6.45, 7) is 5.18. The number of piperidine rings is 1. The lowest BCUT2D eigenvalue weighted by Gasteiger charge is -2.33. The van der Waals surface area contributed by atoms with Crippen LogP contribution in [0.15, 0.2) is 18.2 Å². The van der Waals surface area contributed by atoms with Crippen molar-refractivity contribution < 1.29 is 9.90 Å². The second-order valence-electron chi connectivity index (χ2n) is 5.66. The summed E-state index contributed by atoms with van der Waals surface area (Å²) in [5.74, 6) is 0.0405. The van der Waals surface area contributed by atoms with Gasteiger partial charge in [0.05, 0.1) is 3.57 Å². The third kappa shape index (κ3) is 4.85. The molecule has 1 unspecified atom stereocenters. The fraction of sp³-hybridized carbons (Fsp3) is 0.562. The van der Waals surface area contributed by atoms with Crippen molar-refractivity contribution in [3.63, 3.8) is 0 Å². The molecule has 4 nitrogen and oxygen atoms in total. The highest BCUT2D eigenvalue weighted by Crippen LogP contribution is 2.20. The summed E-state index contributed by atoms with van der Waals surface area (Å²) in [6, 6.07) is 5.68. The van der Waals surface area contributed by atoms with E-state index in [2.05, 4.69) is 17.1 Å². The molecule has 1 saturated heterocycles.